The Morgan fingerprint density at radius 3 is 3.00 bits per heavy atom. The smallest absolute Gasteiger partial charge is 0.305 e. The molecule has 102 valence electrons. The minimum atomic E-state index is -0.199. The second-order valence-electron chi connectivity index (χ2n) is 4.21. The first-order valence-electron chi connectivity index (χ1n) is 6.40. The average Bonchev–Trinajstić information content (AvgIpc) is 2.41. The third-order valence-corrected chi connectivity index (χ3v) is 3.92. The molecule has 19 heavy (non-hydrogen) atoms. The molecule has 0 saturated carbocycles. The molecule has 0 bridgehead atoms. The molecule has 0 atom stereocenters. The summed E-state index contributed by atoms with van der Waals surface area (Å²) < 4.78 is 4.88. The number of hydrogen-bond acceptors (Lipinski definition) is 4. The number of fused-ring (bicyclic) bond motifs is 1. The van der Waals surface area contributed by atoms with Gasteiger partial charge in [0.15, 0.2) is 0 Å². The number of amides is 1. The van der Waals surface area contributed by atoms with E-state index in [1.165, 1.54) is 0 Å². The summed E-state index contributed by atoms with van der Waals surface area (Å²) in [7, 11) is 0. The van der Waals surface area contributed by atoms with E-state index in [9.17, 15) is 9.59 Å². The molecular formula is C14H17NO3S. The van der Waals surface area contributed by atoms with Gasteiger partial charge in [-0.15, -0.1) is 11.8 Å². The molecule has 2 rings (SSSR count). The van der Waals surface area contributed by atoms with Gasteiger partial charge in [-0.05, 0) is 25.5 Å². The molecule has 1 heterocycles. The Bertz CT molecular complexity index is 476. The fraction of sp³-hybridized carbons (Fsp3) is 0.429. The number of nitrogens with zero attached hydrogens (tertiary/aromatic N) is 1. The predicted octanol–water partition coefficient (Wildman–Crippen LogP) is 2.47. The van der Waals surface area contributed by atoms with E-state index in [0.717, 1.165) is 10.6 Å². The number of esters is 1. The van der Waals surface area contributed by atoms with E-state index in [0.29, 0.717) is 31.7 Å². The van der Waals surface area contributed by atoms with Crippen LogP contribution in [0.4, 0.5) is 5.69 Å². The van der Waals surface area contributed by atoms with Gasteiger partial charge in [0, 0.05) is 17.9 Å². The number of rotatable bonds is 5. The molecule has 0 saturated heterocycles. The highest BCUT2D eigenvalue weighted by Crippen LogP contribution is 2.34. The van der Waals surface area contributed by atoms with Gasteiger partial charge < -0.3 is 9.64 Å². The van der Waals surface area contributed by atoms with Crippen molar-refractivity contribution in [2.45, 2.75) is 24.7 Å². The minimum Gasteiger partial charge on any atom is -0.466 e. The number of ether oxygens (including phenoxy) is 1. The summed E-state index contributed by atoms with van der Waals surface area (Å²) in [5.74, 6) is 0.373. The van der Waals surface area contributed by atoms with E-state index >= 15 is 0 Å². The van der Waals surface area contributed by atoms with Crippen LogP contribution < -0.4 is 4.90 Å². The molecule has 0 aliphatic carbocycles. The second-order valence-corrected chi connectivity index (χ2v) is 5.23. The third-order valence-electron chi connectivity index (χ3n) is 2.88. The van der Waals surface area contributed by atoms with Crippen LogP contribution in [0.1, 0.15) is 19.8 Å². The molecule has 0 aromatic heterocycles. The van der Waals surface area contributed by atoms with Crippen molar-refractivity contribution in [3.8, 4) is 0 Å². The molecular weight excluding hydrogens is 262 g/mol. The number of anilines is 1. The van der Waals surface area contributed by atoms with Crippen molar-refractivity contribution in [3.05, 3.63) is 24.3 Å². The Morgan fingerprint density at radius 2 is 2.21 bits per heavy atom. The van der Waals surface area contributed by atoms with Gasteiger partial charge in [-0.3, -0.25) is 9.59 Å². The second kappa shape index (κ2) is 6.61. The Morgan fingerprint density at radius 1 is 1.42 bits per heavy atom. The van der Waals surface area contributed by atoms with Crippen molar-refractivity contribution in [2.24, 2.45) is 0 Å². The van der Waals surface area contributed by atoms with Crippen molar-refractivity contribution in [3.63, 3.8) is 0 Å². The van der Waals surface area contributed by atoms with Crippen molar-refractivity contribution in [2.75, 3.05) is 23.8 Å². The number of benzene rings is 1. The largest absolute Gasteiger partial charge is 0.466 e. The molecule has 5 heteroatoms. The van der Waals surface area contributed by atoms with Crippen LogP contribution in [0.5, 0.6) is 0 Å². The maximum Gasteiger partial charge on any atom is 0.305 e. The maximum absolute atomic E-state index is 11.9. The Labute approximate surface area is 117 Å². The summed E-state index contributed by atoms with van der Waals surface area (Å²) in [4.78, 5) is 26.1. The highest BCUT2D eigenvalue weighted by molar-refractivity contribution is 8.00. The van der Waals surface area contributed by atoms with Crippen molar-refractivity contribution < 1.29 is 14.3 Å². The molecule has 0 N–H and O–H groups in total. The highest BCUT2D eigenvalue weighted by atomic mass is 32.2. The van der Waals surface area contributed by atoms with E-state index < -0.39 is 0 Å². The summed E-state index contributed by atoms with van der Waals surface area (Å²) in [5, 5.41) is 0. The van der Waals surface area contributed by atoms with Crippen LogP contribution >= 0.6 is 11.8 Å². The van der Waals surface area contributed by atoms with Gasteiger partial charge in [-0.2, -0.15) is 0 Å². The maximum atomic E-state index is 11.9. The SMILES string of the molecule is CCOC(=O)CCCN1C(=O)CSc2ccccc21. The summed E-state index contributed by atoms with van der Waals surface area (Å²) in [6.07, 6.45) is 0.983. The molecule has 0 spiro atoms. The van der Waals surface area contributed by atoms with Crippen molar-refractivity contribution in [1.82, 2.24) is 0 Å². The van der Waals surface area contributed by atoms with Crippen LogP contribution in [0.2, 0.25) is 0 Å². The van der Waals surface area contributed by atoms with Crippen molar-refractivity contribution >= 4 is 29.3 Å². The predicted molar refractivity (Wildman–Crippen MR) is 75.4 cm³/mol. The quantitative estimate of drug-likeness (QED) is 0.777. The van der Waals surface area contributed by atoms with Gasteiger partial charge in [0.05, 0.1) is 18.0 Å². The monoisotopic (exact) mass is 279 g/mol. The first-order valence-corrected chi connectivity index (χ1v) is 7.38. The van der Waals surface area contributed by atoms with Gasteiger partial charge in [-0.25, -0.2) is 0 Å². The molecule has 0 radical (unpaired) electrons. The minimum absolute atomic E-state index is 0.104. The van der Waals surface area contributed by atoms with Crippen LogP contribution in [0, 0.1) is 0 Å². The number of carbonyl (C=O) groups is 2. The topological polar surface area (TPSA) is 46.6 Å². The molecule has 1 aromatic carbocycles. The Kier molecular flexibility index (Phi) is 4.85. The zero-order valence-electron chi connectivity index (χ0n) is 10.9. The van der Waals surface area contributed by atoms with Gasteiger partial charge in [-0.1, -0.05) is 12.1 Å². The molecule has 1 aromatic rings. The lowest BCUT2D eigenvalue weighted by Crippen LogP contribution is -2.36. The Balaban J connectivity index is 1.96. The third kappa shape index (κ3) is 3.50. The zero-order valence-corrected chi connectivity index (χ0v) is 11.7. The van der Waals surface area contributed by atoms with E-state index in [1.54, 1.807) is 23.6 Å². The lowest BCUT2D eigenvalue weighted by Gasteiger charge is -2.28. The number of carbonyl (C=O) groups excluding carboxylic acids is 2. The Hall–Kier alpha value is -1.49. The van der Waals surface area contributed by atoms with Gasteiger partial charge >= 0.3 is 5.97 Å². The van der Waals surface area contributed by atoms with E-state index in [-0.39, 0.29) is 11.9 Å². The van der Waals surface area contributed by atoms with E-state index in [1.807, 2.05) is 24.3 Å². The molecule has 4 nitrogen and oxygen atoms in total. The summed E-state index contributed by atoms with van der Waals surface area (Å²) in [5.41, 5.74) is 0.951. The van der Waals surface area contributed by atoms with E-state index in [4.69, 9.17) is 4.74 Å². The summed E-state index contributed by atoms with van der Waals surface area (Å²) >= 11 is 1.57. The highest BCUT2D eigenvalue weighted by Gasteiger charge is 2.23. The summed E-state index contributed by atoms with van der Waals surface area (Å²) in [6, 6.07) is 7.86. The molecule has 1 amide bonds. The molecule has 1 aliphatic heterocycles. The molecule has 0 fully saturated rings. The van der Waals surface area contributed by atoms with Gasteiger partial charge in [0.25, 0.3) is 0 Å². The number of para-hydroxylation sites is 1. The normalized spacial score (nSPS) is 14.2. The number of hydrogen-bond donors (Lipinski definition) is 0. The van der Waals surface area contributed by atoms with Crippen LogP contribution in [0.25, 0.3) is 0 Å². The zero-order chi connectivity index (χ0) is 13.7. The van der Waals surface area contributed by atoms with Crippen LogP contribution in [-0.4, -0.2) is 30.8 Å². The fourth-order valence-electron chi connectivity index (χ4n) is 2.01. The first kappa shape index (κ1) is 13.9. The molecule has 1 aliphatic rings. The molecule has 0 unspecified atom stereocenters. The van der Waals surface area contributed by atoms with Crippen LogP contribution in [0.3, 0.4) is 0 Å². The van der Waals surface area contributed by atoms with E-state index in [2.05, 4.69) is 0 Å². The fourth-order valence-corrected chi connectivity index (χ4v) is 2.95. The van der Waals surface area contributed by atoms with Gasteiger partial charge in [0.1, 0.15) is 0 Å². The summed E-state index contributed by atoms with van der Waals surface area (Å²) in [6.45, 7) is 2.76. The lowest BCUT2D eigenvalue weighted by molar-refractivity contribution is -0.143. The first-order chi connectivity index (χ1) is 9.22. The van der Waals surface area contributed by atoms with Gasteiger partial charge in [0.2, 0.25) is 5.91 Å². The lowest BCUT2D eigenvalue weighted by atomic mass is 10.2. The average molecular weight is 279 g/mol. The van der Waals surface area contributed by atoms with Crippen LogP contribution in [0.15, 0.2) is 29.2 Å². The standard InChI is InChI=1S/C14H17NO3S/c1-2-18-14(17)8-5-9-15-11-6-3-4-7-12(11)19-10-13(15)16/h3-4,6-7H,2,5,8-10H2,1H3. The number of thioether (sulfide) groups is 1. The van der Waals surface area contributed by atoms with Crippen LogP contribution in [-0.2, 0) is 14.3 Å². The van der Waals surface area contributed by atoms with Crippen molar-refractivity contribution in [1.29, 1.82) is 0 Å².